The number of rotatable bonds is 9. The van der Waals surface area contributed by atoms with Crippen molar-refractivity contribution in [1.82, 2.24) is 0 Å². The highest BCUT2D eigenvalue weighted by atomic mass is 28.4. The van der Waals surface area contributed by atoms with Gasteiger partial charge < -0.3 is 14.3 Å². The van der Waals surface area contributed by atoms with E-state index in [0.717, 1.165) is 11.3 Å². The number of esters is 1. The van der Waals surface area contributed by atoms with Gasteiger partial charge in [-0.3, -0.25) is 9.59 Å². The summed E-state index contributed by atoms with van der Waals surface area (Å²) in [5.74, 6) is -0.00358. The summed E-state index contributed by atoms with van der Waals surface area (Å²) in [6, 6.07) is 7.91. The maximum absolute atomic E-state index is 11.6. The fraction of sp³-hybridized carbons (Fsp3) is 0.600. The van der Waals surface area contributed by atoms with E-state index < -0.39 is 20.4 Å². The molecule has 1 aromatic rings. The van der Waals surface area contributed by atoms with Gasteiger partial charge >= 0.3 is 5.97 Å². The Balaban J connectivity index is 2.50. The predicted octanol–water partition coefficient (Wildman–Crippen LogP) is 3.89. The lowest BCUT2D eigenvalue weighted by molar-refractivity contribution is -0.143. The first-order chi connectivity index (χ1) is 11.9. The van der Waals surface area contributed by atoms with Gasteiger partial charge in [0, 0.05) is 6.42 Å². The Morgan fingerprint density at radius 1 is 1.15 bits per heavy atom. The molecular weight excluding hydrogens is 348 g/mol. The number of ether oxygens (including phenoxy) is 1. The molecule has 5 nitrogen and oxygen atoms in total. The van der Waals surface area contributed by atoms with E-state index in [1.165, 1.54) is 7.11 Å². The maximum atomic E-state index is 11.6. The third kappa shape index (κ3) is 7.29. The van der Waals surface area contributed by atoms with Crippen molar-refractivity contribution >= 4 is 20.1 Å². The minimum atomic E-state index is -1.85. The van der Waals surface area contributed by atoms with Gasteiger partial charge in [-0.25, -0.2) is 0 Å². The summed E-state index contributed by atoms with van der Waals surface area (Å²) in [5.41, 5.74) is 1.08. The van der Waals surface area contributed by atoms with E-state index in [1.54, 1.807) is 0 Å². The zero-order chi connectivity index (χ0) is 20.0. The van der Waals surface area contributed by atoms with Crippen LogP contribution in [-0.2, 0) is 20.7 Å². The number of carbonyl (C=O) groups is 2. The SMILES string of the molecule is COC(=O)CC(=O)C[C@H](O)CCc1ccc(O[Si](C)(C)C(C)(C)C)cc1. The van der Waals surface area contributed by atoms with Crippen LogP contribution in [-0.4, -0.2) is 38.4 Å². The monoisotopic (exact) mass is 380 g/mol. The zero-order valence-electron chi connectivity index (χ0n) is 16.8. The summed E-state index contributed by atoms with van der Waals surface area (Å²) in [4.78, 5) is 22.7. The standard InChI is InChI=1S/C20H32O5Si/c1-20(2,3)26(5,6)25-18-11-8-15(9-12-18)7-10-16(21)13-17(22)14-19(23)24-4/h8-9,11-12,16,21H,7,10,13-14H2,1-6H3/t16-/m1/s1. The molecule has 1 atom stereocenters. The van der Waals surface area contributed by atoms with E-state index in [1.807, 2.05) is 24.3 Å². The van der Waals surface area contributed by atoms with E-state index >= 15 is 0 Å². The summed E-state index contributed by atoms with van der Waals surface area (Å²) in [6.07, 6.45) is 0.0622. The van der Waals surface area contributed by atoms with Crippen LogP contribution in [0.15, 0.2) is 24.3 Å². The van der Waals surface area contributed by atoms with Crippen molar-refractivity contribution in [2.24, 2.45) is 0 Å². The Morgan fingerprint density at radius 3 is 2.23 bits per heavy atom. The second kappa shape index (κ2) is 9.32. The van der Waals surface area contributed by atoms with Crippen molar-refractivity contribution in [2.75, 3.05) is 7.11 Å². The predicted molar refractivity (Wildman–Crippen MR) is 105 cm³/mol. The summed E-state index contributed by atoms with van der Waals surface area (Å²) in [5, 5.41) is 10.1. The zero-order valence-corrected chi connectivity index (χ0v) is 17.8. The molecular formula is C20H32O5Si. The molecule has 146 valence electrons. The molecule has 0 saturated heterocycles. The molecule has 0 aliphatic heterocycles. The number of carbonyl (C=O) groups excluding carboxylic acids is 2. The Bertz CT molecular complexity index is 602. The number of benzene rings is 1. The molecule has 0 heterocycles. The number of Topliss-reactive ketones (excluding diaryl/α,β-unsaturated/α-hetero) is 1. The summed E-state index contributed by atoms with van der Waals surface area (Å²) >= 11 is 0. The molecule has 1 N–H and O–H groups in total. The number of methoxy groups -OCH3 is 1. The molecule has 26 heavy (non-hydrogen) atoms. The van der Waals surface area contributed by atoms with Crippen LogP contribution in [0.5, 0.6) is 5.75 Å². The fourth-order valence-corrected chi connectivity index (χ4v) is 3.21. The maximum Gasteiger partial charge on any atom is 0.313 e. The van der Waals surface area contributed by atoms with Crippen LogP contribution in [0.3, 0.4) is 0 Å². The van der Waals surface area contributed by atoms with Gasteiger partial charge in [-0.15, -0.1) is 0 Å². The second-order valence-corrected chi connectivity index (χ2v) is 12.9. The molecule has 1 aromatic carbocycles. The molecule has 1 rings (SSSR count). The van der Waals surface area contributed by atoms with Crippen molar-refractivity contribution in [3.8, 4) is 5.75 Å². The smallest absolute Gasteiger partial charge is 0.313 e. The second-order valence-electron chi connectivity index (χ2n) is 8.19. The summed E-state index contributed by atoms with van der Waals surface area (Å²) < 4.78 is 10.7. The molecule has 0 amide bonds. The number of aliphatic hydroxyl groups is 1. The molecule has 0 bridgehead atoms. The third-order valence-electron chi connectivity index (χ3n) is 4.90. The summed E-state index contributed by atoms with van der Waals surface area (Å²) in [7, 11) is -0.609. The van der Waals surface area contributed by atoms with Gasteiger partial charge in [0.1, 0.15) is 18.0 Å². The van der Waals surface area contributed by atoms with Crippen molar-refractivity contribution in [3.05, 3.63) is 29.8 Å². The van der Waals surface area contributed by atoms with Crippen molar-refractivity contribution in [1.29, 1.82) is 0 Å². The van der Waals surface area contributed by atoms with E-state index in [4.69, 9.17) is 4.43 Å². The normalized spacial score (nSPS) is 13.2. The molecule has 0 aliphatic rings. The third-order valence-corrected chi connectivity index (χ3v) is 9.26. The highest BCUT2D eigenvalue weighted by Gasteiger charge is 2.38. The molecule has 0 radical (unpaired) electrons. The number of hydrogen-bond acceptors (Lipinski definition) is 5. The molecule has 0 aromatic heterocycles. The van der Waals surface area contributed by atoms with Gasteiger partial charge in [0.15, 0.2) is 0 Å². The lowest BCUT2D eigenvalue weighted by Gasteiger charge is -2.36. The van der Waals surface area contributed by atoms with Crippen LogP contribution in [0, 0.1) is 0 Å². The Morgan fingerprint density at radius 2 is 1.73 bits per heavy atom. The Hall–Kier alpha value is -1.66. The molecule has 0 spiro atoms. The Labute approximate surface area is 157 Å². The largest absolute Gasteiger partial charge is 0.544 e. The first-order valence-electron chi connectivity index (χ1n) is 8.99. The average molecular weight is 381 g/mol. The van der Waals surface area contributed by atoms with Gasteiger partial charge in [0.05, 0.1) is 13.2 Å². The first-order valence-corrected chi connectivity index (χ1v) is 11.9. The van der Waals surface area contributed by atoms with E-state index in [9.17, 15) is 14.7 Å². The van der Waals surface area contributed by atoms with Gasteiger partial charge in [0.25, 0.3) is 0 Å². The number of ketones is 1. The molecule has 0 fully saturated rings. The first kappa shape index (κ1) is 22.4. The minimum Gasteiger partial charge on any atom is -0.544 e. The van der Waals surface area contributed by atoms with Crippen LogP contribution >= 0.6 is 0 Å². The molecule has 0 unspecified atom stereocenters. The van der Waals surface area contributed by atoms with E-state index in [0.29, 0.717) is 12.8 Å². The van der Waals surface area contributed by atoms with Crippen LogP contribution in [0.4, 0.5) is 0 Å². The molecule has 0 saturated carbocycles. The van der Waals surface area contributed by atoms with Crippen molar-refractivity contribution in [3.63, 3.8) is 0 Å². The number of hydrogen-bond donors (Lipinski definition) is 1. The van der Waals surface area contributed by atoms with Crippen LogP contribution < -0.4 is 4.43 Å². The van der Waals surface area contributed by atoms with Crippen LogP contribution in [0.2, 0.25) is 18.1 Å². The van der Waals surface area contributed by atoms with Crippen LogP contribution in [0.25, 0.3) is 0 Å². The molecule has 0 aliphatic carbocycles. The van der Waals surface area contributed by atoms with Gasteiger partial charge in [-0.1, -0.05) is 32.9 Å². The van der Waals surface area contributed by atoms with Gasteiger partial charge in [-0.2, -0.15) is 0 Å². The highest BCUT2D eigenvalue weighted by molar-refractivity contribution is 6.74. The lowest BCUT2D eigenvalue weighted by Crippen LogP contribution is -2.43. The van der Waals surface area contributed by atoms with Crippen LogP contribution in [0.1, 0.15) is 45.6 Å². The molecule has 6 heteroatoms. The summed E-state index contributed by atoms with van der Waals surface area (Å²) in [6.45, 7) is 11.0. The topological polar surface area (TPSA) is 72.8 Å². The van der Waals surface area contributed by atoms with Crippen molar-refractivity contribution in [2.45, 2.75) is 70.7 Å². The highest BCUT2D eigenvalue weighted by Crippen LogP contribution is 2.37. The van der Waals surface area contributed by atoms with E-state index in [-0.39, 0.29) is 23.7 Å². The Kier molecular flexibility index (Phi) is 8.03. The number of aryl methyl sites for hydroxylation is 1. The number of aliphatic hydroxyl groups excluding tert-OH is 1. The van der Waals surface area contributed by atoms with Crippen molar-refractivity contribution < 1.29 is 23.9 Å². The quantitative estimate of drug-likeness (QED) is 0.400. The minimum absolute atomic E-state index is 0.0261. The van der Waals surface area contributed by atoms with Gasteiger partial charge in [-0.05, 0) is 48.7 Å². The van der Waals surface area contributed by atoms with E-state index in [2.05, 4.69) is 38.6 Å². The lowest BCUT2D eigenvalue weighted by atomic mass is 10.0. The average Bonchev–Trinajstić information content (AvgIpc) is 2.52. The fourth-order valence-electron chi connectivity index (χ4n) is 2.18. The van der Waals surface area contributed by atoms with Gasteiger partial charge in [0.2, 0.25) is 8.32 Å².